The highest BCUT2D eigenvalue weighted by atomic mass is 16.7. The third kappa shape index (κ3) is 2.79. The van der Waals surface area contributed by atoms with Gasteiger partial charge in [-0.05, 0) is 6.54 Å². The van der Waals surface area contributed by atoms with Gasteiger partial charge in [0.1, 0.15) is 0 Å². The van der Waals surface area contributed by atoms with Crippen LogP contribution in [0, 0.1) is 5.92 Å². The predicted molar refractivity (Wildman–Crippen MR) is 36.0 cm³/mol. The van der Waals surface area contributed by atoms with Gasteiger partial charge in [0.15, 0.2) is 6.29 Å². The van der Waals surface area contributed by atoms with Gasteiger partial charge in [0.2, 0.25) is 0 Å². The quantitative estimate of drug-likeness (QED) is 0.557. The molecule has 0 bridgehead atoms. The number of rotatable bonds is 4. The summed E-state index contributed by atoms with van der Waals surface area (Å²) in [7, 11) is 3.22. The minimum absolute atomic E-state index is 0.157. The molecule has 0 aromatic carbocycles. The largest absolute Gasteiger partial charge is 0.356 e. The molecule has 0 saturated heterocycles. The van der Waals surface area contributed by atoms with Gasteiger partial charge in [-0.15, -0.1) is 0 Å². The molecule has 0 spiro atoms. The SMILES string of the molecule is COC(OC)C(C)CN. The molecule has 1 atom stereocenters. The molecule has 3 nitrogen and oxygen atoms in total. The van der Waals surface area contributed by atoms with Crippen molar-refractivity contribution in [3.63, 3.8) is 0 Å². The lowest BCUT2D eigenvalue weighted by molar-refractivity contribution is -0.130. The molecular weight excluding hydrogens is 118 g/mol. The van der Waals surface area contributed by atoms with E-state index in [9.17, 15) is 0 Å². The molecule has 56 valence electrons. The molecule has 9 heavy (non-hydrogen) atoms. The second-order valence-electron chi connectivity index (χ2n) is 2.05. The first kappa shape index (κ1) is 8.88. The van der Waals surface area contributed by atoms with Crippen molar-refractivity contribution in [2.45, 2.75) is 13.2 Å². The molecule has 1 unspecified atom stereocenters. The topological polar surface area (TPSA) is 44.5 Å². The van der Waals surface area contributed by atoms with Crippen LogP contribution in [0.25, 0.3) is 0 Å². The van der Waals surface area contributed by atoms with E-state index in [0.29, 0.717) is 6.54 Å². The molecular formula is C6H15NO2. The van der Waals surface area contributed by atoms with Crippen molar-refractivity contribution in [3.8, 4) is 0 Å². The smallest absolute Gasteiger partial charge is 0.160 e. The summed E-state index contributed by atoms with van der Waals surface area (Å²) in [4.78, 5) is 0. The van der Waals surface area contributed by atoms with Crippen LogP contribution >= 0.6 is 0 Å². The molecule has 0 aromatic heterocycles. The first-order chi connectivity index (χ1) is 4.26. The van der Waals surface area contributed by atoms with E-state index < -0.39 is 0 Å². The Morgan fingerprint density at radius 1 is 1.33 bits per heavy atom. The van der Waals surface area contributed by atoms with Gasteiger partial charge in [0.25, 0.3) is 0 Å². The maximum atomic E-state index is 5.36. The van der Waals surface area contributed by atoms with Gasteiger partial charge in [-0.3, -0.25) is 0 Å². The number of hydrogen-bond acceptors (Lipinski definition) is 3. The summed E-state index contributed by atoms with van der Waals surface area (Å²) in [6.07, 6.45) is -0.157. The van der Waals surface area contributed by atoms with Crippen LogP contribution in [0.4, 0.5) is 0 Å². The Kier molecular flexibility index (Phi) is 4.67. The average molecular weight is 133 g/mol. The van der Waals surface area contributed by atoms with Gasteiger partial charge < -0.3 is 15.2 Å². The Labute approximate surface area is 56.1 Å². The van der Waals surface area contributed by atoms with E-state index in [-0.39, 0.29) is 12.2 Å². The molecule has 0 aliphatic heterocycles. The minimum atomic E-state index is -0.157. The van der Waals surface area contributed by atoms with E-state index in [1.54, 1.807) is 14.2 Å². The molecule has 0 aromatic rings. The van der Waals surface area contributed by atoms with Crippen LogP contribution in [-0.2, 0) is 9.47 Å². The van der Waals surface area contributed by atoms with Crippen LogP contribution in [-0.4, -0.2) is 27.1 Å². The van der Waals surface area contributed by atoms with E-state index in [0.717, 1.165) is 0 Å². The summed E-state index contributed by atoms with van der Waals surface area (Å²) in [5.41, 5.74) is 5.36. The van der Waals surface area contributed by atoms with Gasteiger partial charge >= 0.3 is 0 Å². The standard InChI is InChI=1S/C6H15NO2/c1-5(4-7)6(8-2)9-3/h5-6H,4,7H2,1-3H3. The highest BCUT2D eigenvalue weighted by Crippen LogP contribution is 2.03. The fourth-order valence-electron chi connectivity index (χ4n) is 0.672. The van der Waals surface area contributed by atoms with Crippen molar-refractivity contribution in [2.75, 3.05) is 20.8 Å². The lowest BCUT2D eigenvalue weighted by atomic mass is 10.2. The molecule has 2 N–H and O–H groups in total. The lowest BCUT2D eigenvalue weighted by Gasteiger charge is -2.18. The summed E-state index contributed by atoms with van der Waals surface area (Å²) in [5.74, 6) is 0.264. The fourth-order valence-corrected chi connectivity index (χ4v) is 0.672. The molecule has 0 rings (SSSR count). The molecule has 0 radical (unpaired) electrons. The summed E-state index contributed by atoms with van der Waals surface area (Å²) in [6, 6.07) is 0. The molecule has 0 fully saturated rings. The van der Waals surface area contributed by atoms with Crippen molar-refractivity contribution in [1.82, 2.24) is 0 Å². The van der Waals surface area contributed by atoms with E-state index in [1.165, 1.54) is 0 Å². The number of nitrogens with two attached hydrogens (primary N) is 1. The second kappa shape index (κ2) is 4.73. The van der Waals surface area contributed by atoms with E-state index in [4.69, 9.17) is 15.2 Å². The van der Waals surface area contributed by atoms with Crippen LogP contribution in [0.3, 0.4) is 0 Å². The number of methoxy groups -OCH3 is 2. The summed E-state index contributed by atoms with van der Waals surface area (Å²) < 4.78 is 9.90. The molecule has 3 heteroatoms. The van der Waals surface area contributed by atoms with Crippen LogP contribution < -0.4 is 5.73 Å². The van der Waals surface area contributed by atoms with E-state index in [1.807, 2.05) is 6.92 Å². The number of hydrogen-bond donors (Lipinski definition) is 1. The first-order valence-corrected chi connectivity index (χ1v) is 3.02. The third-order valence-corrected chi connectivity index (χ3v) is 1.30. The Balaban J connectivity index is 3.50. The van der Waals surface area contributed by atoms with E-state index >= 15 is 0 Å². The van der Waals surface area contributed by atoms with Gasteiger partial charge in [-0.1, -0.05) is 6.92 Å². The summed E-state index contributed by atoms with van der Waals surface area (Å²) in [6.45, 7) is 2.57. The Morgan fingerprint density at radius 3 is 1.89 bits per heavy atom. The van der Waals surface area contributed by atoms with Crippen molar-refractivity contribution in [2.24, 2.45) is 11.7 Å². The maximum absolute atomic E-state index is 5.36. The van der Waals surface area contributed by atoms with Gasteiger partial charge in [0.05, 0.1) is 0 Å². The minimum Gasteiger partial charge on any atom is -0.356 e. The Hall–Kier alpha value is -0.120. The van der Waals surface area contributed by atoms with Crippen LogP contribution in [0.1, 0.15) is 6.92 Å². The zero-order valence-corrected chi connectivity index (χ0v) is 6.26. The second-order valence-corrected chi connectivity index (χ2v) is 2.05. The highest BCUT2D eigenvalue weighted by Gasteiger charge is 2.12. The number of ether oxygens (including phenoxy) is 2. The van der Waals surface area contributed by atoms with Gasteiger partial charge in [0, 0.05) is 20.1 Å². The zero-order valence-electron chi connectivity index (χ0n) is 6.26. The molecule has 0 saturated carbocycles. The van der Waals surface area contributed by atoms with Crippen LogP contribution in [0.2, 0.25) is 0 Å². The van der Waals surface area contributed by atoms with Crippen molar-refractivity contribution in [3.05, 3.63) is 0 Å². The van der Waals surface area contributed by atoms with E-state index in [2.05, 4.69) is 0 Å². The highest BCUT2D eigenvalue weighted by molar-refractivity contribution is 4.55. The van der Waals surface area contributed by atoms with Crippen molar-refractivity contribution in [1.29, 1.82) is 0 Å². The van der Waals surface area contributed by atoms with Crippen molar-refractivity contribution >= 4 is 0 Å². The van der Waals surface area contributed by atoms with Crippen molar-refractivity contribution < 1.29 is 9.47 Å². The molecule has 0 amide bonds. The average Bonchev–Trinajstić information content (AvgIpc) is 1.90. The molecule has 0 aliphatic carbocycles. The summed E-state index contributed by atoms with van der Waals surface area (Å²) in [5, 5.41) is 0. The maximum Gasteiger partial charge on any atom is 0.160 e. The Morgan fingerprint density at radius 2 is 1.78 bits per heavy atom. The Bertz CT molecular complexity index is 64.1. The molecule has 0 heterocycles. The van der Waals surface area contributed by atoms with Gasteiger partial charge in [-0.25, -0.2) is 0 Å². The summed E-state index contributed by atoms with van der Waals surface area (Å²) >= 11 is 0. The predicted octanol–water partition coefficient (Wildman–Crippen LogP) is 0.200. The fraction of sp³-hybridized carbons (Fsp3) is 1.00. The van der Waals surface area contributed by atoms with Crippen LogP contribution in [0.15, 0.2) is 0 Å². The third-order valence-electron chi connectivity index (χ3n) is 1.30. The van der Waals surface area contributed by atoms with Crippen LogP contribution in [0.5, 0.6) is 0 Å². The van der Waals surface area contributed by atoms with Gasteiger partial charge in [-0.2, -0.15) is 0 Å². The zero-order chi connectivity index (χ0) is 7.28. The normalized spacial score (nSPS) is 14.3. The monoisotopic (exact) mass is 133 g/mol. The lowest BCUT2D eigenvalue weighted by Crippen LogP contribution is -2.28. The molecule has 0 aliphatic rings. The first-order valence-electron chi connectivity index (χ1n) is 3.02.